The average molecular weight is 360 g/mol. The van der Waals surface area contributed by atoms with E-state index in [0.717, 1.165) is 31.5 Å². The Hall–Kier alpha value is -1.01. The molecular weight excluding hydrogens is 337 g/mol. The second-order valence-electron chi connectivity index (χ2n) is 5.86. The third-order valence-electron chi connectivity index (χ3n) is 4.20. The summed E-state index contributed by atoms with van der Waals surface area (Å²) in [6.07, 6.45) is 1.79. The number of hydrogen-bond acceptors (Lipinski definition) is 3. The molecule has 0 aliphatic carbocycles. The van der Waals surface area contributed by atoms with Crippen molar-refractivity contribution in [3.63, 3.8) is 0 Å². The van der Waals surface area contributed by atoms with E-state index in [1.54, 1.807) is 6.07 Å². The highest BCUT2D eigenvalue weighted by molar-refractivity contribution is 6.42. The zero-order valence-corrected chi connectivity index (χ0v) is 15.2. The summed E-state index contributed by atoms with van der Waals surface area (Å²) in [4.78, 5) is 20.1. The predicted octanol–water partition coefficient (Wildman–Crippen LogP) is 3.72. The van der Waals surface area contributed by atoms with Gasteiger partial charge in [0, 0.05) is 0 Å². The molecule has 1 heterocycles. The van der Waals surface area contributed by atoms with E-state index in [1.165, 1.54) is 12.2 Å². The summed E-state index contributed by atoms with van der Waals surface area (Å²) >= 11 is 12.3. The molecule has 1 aromatic rings. The Labute approximate surface area is 147 Å². The quantitative estimate of drug-likeness (QED) is 0.833. The zero-order valence-electron chi connectivity index (χ0n) is 13.7. The normalized spacial score (nSPS) is 17.8. The number of rotatable bonds is 4. The van der Waals surface area contributed by atoms with Gasteiger partial charge in [-0.1, -0.05) is 35.3 Å². The molecule has 1 aliphatic heterocycles. The van der Waals surface area contributed by atoms with Crippen LogP contribution in [0, 0.1) is 0 Å². The van der Waals surface area contributed by atoms with Gasteiger partial charge in [0.2, 0.25) is 0 Å². The Morgan fingerprint density at radius 1 is 1.39 bits per heavy atom. The Balaban J connectivity index is 2.02. The summed E-state index contributed by atoms with van der Waals surface area (Å²) in [5.74, 6) is 0. The van der Waals surface area contributed by atoms with Crippen molar-refractivity contribution >= 4 is 29.2 Å². The Morgan fingerprint density at radius 2 is 2.04 bits per heavy atom. The number of nitrogens with one attached hydrogen (secondary N) is 1. The number of benzene rings is 1. The van der Waals surface area contributed by atoms with E-state index in [0.29, 0.717) is 10.0 Å². The number of halogens is 2. The van der Waals surface area contributed by atoms with Crippen molar-refractivity contribution in [3.8, 4) is 0 Å². The van der Waals surface area contributed by atoms with Crippen LogP contribution in [0.5, 0.6) is 0 Å². The highest BCUT2D eigenvalue weighted by Gasteiger charge is 2.28. The second-order valence-corrected chi connectivity index (χ2v) is 6.64. The van der Waals surface area contributed by atoms with E-state index < -0.39 is 0 Å². The van der Waals surface area contributed by atoms with Crippen LogP contribution in [0.4, 0.5) is 4.79 Å². The van der Waals surface area contributed by atoms with Crippen LogP contribution in [-0.4, -0.2) is 49.3 Å². The molecule has 23 heavy (non-hydrogen) atoms. The maximum atomic E-state index is 12.5. The van der Waals surface area contributed by atoms with E-state index in [-0.39, 0.29) is 18.1 Å². The minimum absolute atomic E-state index is 0.0817. The van der Waals surface area contributed by atoms with Crippen molar-refractivity contribution in [2.24, 2.45) is 0 Å². The number of amides is 2. The number of hydroxylamine groups is 2. The van der Waals surface area contributed by atoms with Gasteiger partial charge in [-0.2, -0.15) is 0 Å². The molecule has 1 atom stereocenters. The fourth-order valence-electron chi connectivity index (χ4n) is 2.81. The lowest BCUT2D eigenvalue weighted by Crippen LogP contribution is -2.50. The van der Waals surface area contributed by atoms with Crippen LogP contribution in [0.15, 0.2) is 18.2 Å². The highest BCUT2D eigenvalue weighted by Crippen LogP contribution is 2.30. The Kier molecular flexibility index (Phi) is 6.53. The molecule has 1 aromatic carbocycles. The van der Waals surface area contributed by atoms with Crippen molar-refractivity contribution in [2.45, 2.75) is 31.8 Å². The SMILES string of the molecule is CON(C(=O)N[C@H](C)c1cccc(Cl)c1Cl)C1CCN(C)CC1. The van der Waals surface area contributed by atoms with Crippen LogP contribution in [0.2, 0.25) is 10.0 Å². The van der Waals surface area contributed by atoms with Gasteiger partial charge in [-0.25, -0.2) is 9.86 Å². The molecule has 2 rings (SSSR count). The van der Waals surface area contributed by atoms with E-state index >= 15 is 0 Å². The maximum Gasteiger partial charge on any atom is 0.342 e. The van der Waals surface area contributed by atoms with Gasteiger partial charge in [0.25, 0.3) is 0 Å². The first-order valence-electron chi connectivity index (χ1n) is 7.70. The summed E-state index contributed by atoms with van der Waals surface area (Å²) in [7, 11) is 3.60. The third-order valence-corrected chi connectivity index (χ3v) is 5.04. The number of piperidine rings is 1. The standard InChI is InChI=1S/C16H23Cl2N3O2/c1-11(13-5-4-6-14(17)15(13)18)19-16(22)21(23-3)12-7-9-20(2)10-8-12/h4-6,11-12H,7-10H2,1-3H3,(H,19,22)/t11-/m1/s1. The van der Waals surface area contributed by atoms with Gasteiger partial charge in [0.1, 0.15) is 0 Å². The smallest absolute Gasteiger partial charge is 0.330 e. The number of urea groups is 1. The maximum absolute atomic E-state index is 12.5. The third kappa shape index (κ3) is 4.51. The molecule has 1 saturated heterocycles. The Bertz CT molecular complexity index is 548. The monoisotopic (exact) mass is 359 g/mol. The van der Waals surface area contributed by atoms with Crippen LogP contribution in [0.25, 0.3) is 0 Å². The predicted molar refractivity (Wildman–Crippen MR) is 92.8 cm³/mol. The molecule has 7 heteroatoms. The van der Waals surface area contributed by atoms with Crippen LogP contribution in [0.1, 0.15) is 31.4 Å². The van der Waals surface area contributed by atoms with Gasteiger partial charge in [-0.15, -0.1) is 0 Å². The fraction of sp³-hybridized carbons (Fsp3) is 0.562. The summed E-state index contributed by atoms with van der Waals surface area (Å²) in [6, 6.07) is 4.95. The largest absolute Gasteiger partial charge is 0.342 e. The summed E-state index contributed by atoms with van der Waals surface area (Å²) in [5.41, 5.74) is 0.784. The van der Waals surface area contributed by atoms with Crippen molar-refractivity contribution in [2.75, 3.05) is 27.2 Å². The number of hydrogen-bond donors (Lipinski definition) is 1. The topological polar surface area (TPSA) is 44.8 Å². The average Bonchev–Trinajstić information content (AvgIpc) is 2.52. The molecular formula is C16H23Cl2N3O2. The summed E-state index contributed by atoms with van der Waals surface area (Å²) < 4.78 is 0. The lowest BCUT2D eigenvalue weighted by Gasteiger charge is -2.35. The molecule has 2 amide bonds. The minimum Gasteiger partial charge on any atom is -0.330 e. The Morgan fingerprint density at radius 3 is 2.65 bits per heavy atom. The van der Waals surface area contributed by atoms with Gasteiger partial charge in [0.05, 0.1) is 29.2 Å². The number of likely N-dealkylation sites (tertiary alicyclic amines) is 1. The zero-order chi connectivity index (χ0) is 17.0. The van der Waals surface area contributed by atoms with E-state index in [9.17, 15) is 4.79 Å². The molecule has 0 saturated carbocycles. The van der Waals surface area contributed by atoms with Crippen LogP contribution in [0.3, 0.4) is 0 Å². The molecule has 0 aromatic heterocycles. The van der Waals surface area contributed by atoms with Crippen molar-refractivity contribution < 1.29 is 9.63 Å². The van der Waals surface area contributed by atoms with Gasteiger partial charge in [-0.05, 0) is 51.5 Å². The van der Waals surface area contributed by atoms with E-state index in [4.69, 9.17) is 28.0 Å². The van der Waals surface area contributed by atoms with E-state index in [2.05, 4.69) is 17.3 Å². The first-order chi connectivity index (χ1) is 10.9. The first-order valence-corrected chi connectivity index (χ1v) is 8.46. The minimum atomic E-state index is -0.266. The molecule has 0 unspecified atom stereocenters. The number of carbonyl (C=O) groups is 1. The van der Waals surface area contributed by atoms with Gasteiger partial charge in [0.15, 0.2) is 0 Å². The van der Waals surface area contributed by atoms with Crippen molar-refractivity contribution in [3.05, 3.63) is 33.8 Å². The molecule has 0 bridgehead atoms. The van der Waals surface area contributed by atoms with Crippen molar-refractivity contribution in [1.82, 2.24) is 15.3 Å². The lowest BCUT2D eigenvalue weighted by molar-refractivity contribution is -0.127. The summed E-state index contributed by atoms with van der Waals surface area (Å²) in [6.45, 7) is 3.78. The van der Waals surface area contributed by atoms with Crippen LogP contribution >= 0.6 is 23.2 Å². The van der Waals surface area contributed by atoms with Gasteiger partial charge < -0.3 is 10.2 Å². The molecule has 1 fully saturated rings. The summed E-state index contributed by atoms with van der Waals surface area (Å²) in [5, 5.41) is 5.30. The molecule has 0 radical (unpaired) electrons. The molecule has 0 spiro atoms. The van der Waals surface area contributed by atoms with Gasteiger partial charge in [-0.3, -0.25) is 4.84 Å². The lowest BCUT2D eigenvalue weighted by atomic mass is 10.1. The fourth-order valence-corrected chi connectivity index (χ4v) is 3.28. The second kappa shape index (κ2) is 8.20. The number of carbonyl (C=O) groups excluding carboxylic acids is 1. The number of nitrogens with zero attached hydrogens (tertiary/aromatic N) is 2. The molecule has 1 aliphatic rings. The van der Waals surface area contributed by atoms with Gasteiger partial charge >= 0.3 is 6.03 Å². The molecule has 5 nitrogen and oxygen atoms in total. The van der Waals surface area contributed by atoms with Crippen LogP contribution < -0.4 is 5.32 Å². The molecule has 1 N–H and O–H groups in total. The van der Waals surface area contributed by atoms with Crippen molar-refractivity contribution in [1.29, 1.82) is 0 Å². The van der Waals surface area contributed by atoms with Crippen LogP contribution in [-0.2, 0) is 4.84 Å². The van der Waals surface area contributed by atoms with E-state index in [1.807, 2.05) is 19.1 Å². The molecule has 128 valence electrons. The highest BCUT2D eigenvalue weighted by atomic mass is 35.5. The first kappa shape index (κ1) is 18.3.